The van der Waals surface area contributed by atoms with Crippen LogP contribution in [0.25, 0.3) is 10.9 Å². The third-order valence-electron chi connectivity index (χ3n) is 4.22. The van der Waals surface area contributed by atoms with Gasteiger partial charge in [0.15, 0.2) is 0 Å². The maximum atomic E-state index is 5.95. The highest BCUT2D eigenvalue weighted by molar-refractivity contribution is 6.30. The number of hydrogen-bond donors (Lipinski definition) is 1. The van der Waals surface area contributed by atoms with Gasteiger partial charge in [-0.15, -0.1) is 10.2 Å². The number of nitrogens with zero attached hydrogens (tertiary/aromatic N) is 3. The third kappa shape index (κ3) is 2.55. The van der Waals surface area contributed by atoms with Gasteiger partial charge < -0.3 is 5.43 Å². The van der Waals surface area contributed by atoms with Crippen molar-refractivity contribution in [2.45, 2.75) is 19.4 Å². The Bertz CT molecular complexity index is 903. The molecule has 0 bridgehead atoms. The molecule has 5 heteroatoms. The van der Waals surface area contributed by atoms with Gasteiger partial charge >= 0.3 is 0 Å². The molecule has 4 nitrogen and oxygen atoms in total. The van der Waals surface area contributed by atoms with Crippen molar-refractivity contribution in [3.8, 4) is 0 Å². The summed E-state index contributed by atoms with van der Waals surface area (Å²) in [5, 5.41) is 15.1. The van der Waals surface area contributed by atoms with Crippen LogP contribution in [0.5, 0.6) is 0 Å². The predicted molar refractivity (Wildman–Crippen MR) is 92.8 cm³/mol. The van der Waals surface area contributed by atoms with Crippen molar-refractivity contribution in [3.63, 3.8) is 0 Å². The monoisotopic (exact) mass is 322 g/mol. The smallest absolute Gasteiger partial charge is 0.113 e. The molecule has 0 amide bonds. The number of aromatic nitrogens is 2. The molecule has 2 heterocycles. The Hall–Kier alpha value is -2.46. The zero-order valence-electron chi connectivity index (χ0n) is 12.6. The molecule has 1 aliphatic rings. The molecule has 0 aliphatic carbocycles. The quantitative estimate of drug-likeness (QED) is 0.775. The molecule has 4 rings (SSSR count). The van der Waals surface area contributed by atoms with Crippen LogP contribution in [0.3, 0.4) is 0 Å². The molecule has 114 valence electrons. The van der Waals surface area contributed by atoms with Gasteiger partial charge in [0.25, 0.3) is 0 Å². The number of hydrogen-bond acceptors (Lipinski definition) is 4. The average molecular weight is 323 g/mol. The fourth-order valence-electron chi connectivity index (χ4n) is 2.94. The van der Waals surface area contributed by atoms with E-state index in [0.717, 1.165) is 39.3 Å². The fourth-order valence-corrected chi connectivity index (χ4v) is 3.06. The summed E-state index contributed by atoms with van der Waals surface area (Å²) in [5.41, 5.74) is 8.20. The summed E-state index contributed by atoms with van der Waals surface area (Å²) >= 11 is 5.95. The minimum atomic E-state index is 0.148. The van der Waals surface area contributed by atoms with Crippen molar-refractivity contribution >= 4 is 28.2 Å². The minimum Gasteiger partial charge on any atom is -0.302 e. The second-order valence-corrected chi connectivity index (χ2v) is 6.12. The van der Waals surface area contributed by atoms with Crippen LogP contribution in [0.1, 0.15) is 29.3 Å². The average Bonchev–Trinajstić information content (AvgIpc) is 3.06. The van der Waals surface area contributed by atoms with Gasteiger partial charge in [0.05, 0.1) is 17.3 Å². The van der Waals surface area contributed by atoms with E-state index in [1.807, 2.05) is 42.5 Å². The van der Waals surface area contributed by atoms with Crippen LogP contribution in [-0.2, 0) is 0 Å². The van der Waals surface area contributed by atoms with Crippen LogP contribution >= 0.6 is 11.6 Å². The lowest BCUT2D eigenvalue weighted by Crippen LogP contribution is -2.10. The second-order valence-electron chi connectivity index (χ2n) is 5.69. The first-order valence-corrected chi connectivity index (χ1v) is 7.90. The lowest BCUT2D eigenvalue weighted by molar-refractivity contribution is 0.620. The van der Waals surface area contributed by atoms with Gasteiger partial charge in [-0.1, -0.05) is 41.9 Å². The van der Waals surface area contributed by atoms with E-state index in [0.29, 0.717) is 0 Å². The van der Waals surface area contributed by atoms with Gasteiger partial charge in [0, 0.05) is 16.8 Å². The van der Waals surface area contributed by atoms with E-state index < -0.39 is 0 Å². The molecule has 1 aliphatic heterocycles. The number of hydrazone groups is 1. The molecule has 3 aromatic rings. The largest absolute Gasteiger partial charge is 0.302 e. The molecule has 0 radical (unpaired) electrons. The standard InChI is InChI=1S/C18H15ClN4/c1-11-14-4-2-3-5-15(14)20-23-18(11)17-10-16(21-22-17)12-6-8-13(19)9-7-12/h2-9,16,21H,10H2,1H3. The highest BCUT2D eigenvalue weighted by Crippen LogP contribution is 2.27. The molecular weight excluding hydrogens is 308 g/mol. The highest BCUT2D eigenvalue weighted by atomic mass is 35.5. The zero-order chi connectivity index (χ0) is 15.8. The Morgan fingerprint density at radius 2 is 1.83 bits per heavy atom. The zero-order valence-corrected chi connectivity index (χ0v) is 13.4. The molecule has 0 saturated carbocycles. The van der Waals surface area contributed by atoms with Crippen molar-refractivity contribution in [2.75, 3.05) is 0 Å². The van der Waals surface area contributed by atoms with E-state index in [-0.39, 0.29) is 6.04 Å². The Kier molecular flexibility index (Phi) is 3.46. The van der Waals surface area contributed by atoms with E-state index in [4.69, 9.17) is 11.6 Å². The lowest BCUT2D eigenvalue weighted by Gasteiger charge is -2.10. The molecule has 0 spiro atoms. The van der Waals surface area contributed by atoms with Gasteiger partial charge in [-0.25, -0.2) is 0 Å². The van der Waals surface area contributed by atoms with Crippen LogP contribution < -0.4 is 5.43 Å². The second kappa shape index (κ2) is 5.63. The van der Waals surface area contributed by atoms with Crippen LogP contribution in [0.4, 0.5) is 0 Å². The summed E-state index contributed by atoms with van der Waals surface area (Å²) in [4.78, 5) is 0. The molecule has 1 unspecified atom stereocenters. The van der Waals surface area contributed by atoms with Crippen LogP contribution in [0, 0.1) is 6.92 Å². The fraction of sp³-hybridized carbons (Fsp3) is 0.167. The van der Waals surface area contributed by atoms with Crippen molar-refractivity contribution in [2.24, 2.45) is 5.10 Å². The van der Waals surface area contributed by atoms with Crippen molar-refractivity contribution < 1.29 is 0 Å². The summed E-state index contributed by atoms with van der Waals surface area (Å²) in [7, 11) is 0. The molecule has 2 aromatic carbocycles. The third-order valence-corrected chi connectivity index (χ3v) is 4.47. The Morgan fingerprint density at radius 3 is 2.65 bits per heavy atom. The highest BCUT2D eigenvalue weighted by Gasteiger charge is 2.24. The molecule has 0 fully saturated rings. The Labute approximate surface area is 139 Å². The SMILES string of the molecule is Cc1c(C2=NNC(c3ccc(Cl)cc3)C2)nnc2ccccc12. The number of fused-ring (bicyclic) bond motifs is 1. The number of benzene rings is 2. The van der Waals surface area contributed by atoms with Gasteiger partial charge in [0.2, 0.25) is 0 Å². The molecular formula is C18H15ClN4. The first-order chi connectivity index (χ1) is 11.2. The summed E-state index contributed by atoms with van der Waals surface area (Å²) in [5.74, 6) is 0. The summed E-state index contributed by atoms with van der Waals surface area (Å²) in [6.45, 7) is 2.07. The van der Waals surface area contributed by atoms with E-state index in [9.17, 15) is 0 Å². The van der Waals surface area contributed by atoms with E-state index >= 15 is 0 Å². The normalized spacial score (nSPS) is 17.1. The molecule has 23 heavy (non-hydrogen) atoms. The predicted octanol–water partition coefficient (Wildman–Crippen LogP) is 4.03. The van der Waals surface area contributed by atoms with Crippen LogP contribution in [0.2, 0.25) is 5.02 Å². The van der Waals surface area contributed by atoms with E-state index in [2.05, 4.69) is 33.7 Å². The van der Waals surface area contributed by atoms with Crippen molar-refractivity contribution in [1.82, 2.24) is 15.6 Å². The lowest BCUT2D eigenvalue weighted by atomic mass is 9.99. The first kappa shape index (κ1) is 14.2. The molecule has 1 atom stereocenters. The van der Waals surface area contributed by atoms with E-state index in [1.165, 1.54) is 5.56 Å². The summed E-state index contributed by atoms with van der Waals surface area (Å²) < 4.78 is 0. The van der Waals surface area contributed by atoms with Gasteiger partial charge in [-0.05, 0) is 36.2 Å². The maximum Gasteiger partial charge on any atom is 0.113 e. The number of halogens is 1. The summed E-state index contributed by atoms with van der Waals surface area (Å²) in [6.07, 6.45) is 0.787. The molecule has 1 N–H and O–H groups in total. The summed E-state index contributed by atoms with van der Waals surface area (Å²) in [6, 6.07) is 16.0. The Morgan fingerprint density at radius 1 is 1.04 bits per heavy atom. The van der Waals surface area contributed by atoms with Crippen LogP contribution in [0.15, 0.2) is 53.6 Å². The number of aryl methyl sites for hydroxylation is 1. The minimum absolute atomic E-state index is 0.148. The van der Waals surface area contributed by atoms with Crippen molar-refractivity contribution in [1.29, 1.82) is 0 Å². The van der Waals surface area contributed by atoms with Crippen molar-refractivity contribution in [3.05, 3.63) is 70.4 Å². The Balaban J connectivity index is 1.65. The number of rotatable bonds is 2. The number of nitrogens with one attached hydrogen (secondary N) is 1. The van der Waals surface area contributed by atoms with Gasteiger partial charge in [-0.3, -0.25) is 0 Å². The van der Waals surface area contributed by atoms with Gasteiger partial charge in [0.1, 0.15) is 5.69 Å². The van der Waals surface area contributed by atoms with Crippen LogP contribution in [-0.4, -0.2) is 15.9 Å². The topological polar surface area (TPSA) is 50.2 Å². The van der Waals surface area contributed by atoms with E-state index in [1.54, 1.807) is 0 Å². The maximum absolute atomic E-state index is 5.95. The molecule has 1 aromatic heterocycles. The molecule has 0 saturated heterocycles. The first-order valence-electron chi connectivity index (χ1n) is 7.52. The van der Waals surface area contributed by atoms with Gasteiger partial charge in [-0.2, -0.15) is 5.10 Å².